The van der Waals surface area contributed by atoms with Crippen LogP contribution >= 0.6 is 0 Å². The first kappa shape index (κ1) is 14.7. The van der Waals surface area contributed by atoms with Crippen molar-refractivity contribution in [3.63, 3.8) is 0 Å². The standard InChI is InChI=1S/C14H22N2O5/c17-12(15-10-11-2-1-7-19-11)13(18)16-5-3-14(4-6-16)20-8-9-21-14/h11H,1-10H2,(H,15,17). The van der Waals surface area contributed by atoms with E-state index in [0.717, 1.165) is 19.4 Å². The van der Waals surface area contributed by atoms with Gasteiger partial charge in [-0.05, 0) is 12.8 Å². The molecule has 0 saturated carbocycles. The fourth-order valence-corrected chi connectivity index (χ4v) is 3.07. The first-order valence-electron chi connectivity index (χ1n) is 7.65. The van der Waals surface area contributed by atoms with E-state index in [0.29, 0.717) is 45.7 Å². The van der Waals surface area contributed by atoms with Crippen molar-refractivity contribution in [2.75, 3.05) is 39.5 Å². The van der Waals surface area contributed by atoms with Crippen LogP contribution in [0.25, 0.3) is 0 Å². The van der Waals surface area contributed by atoms with E-state index in [1.807, 2.05) is 0 Å². The van der Waals surface area contributed by atoms with Crippen molar-refractivity contribution in [2.24, 2.45) is 0 Å². The number of carbonyl (C=O) groups excluding carboxylic acids is 2. The van der Waals surface area contributed by atoms with Gasteiger partial charge in [-0.25, -0.2) is 0 Å². The Bertz CT molecular complexity index is 392. The van der Waals surface area contributed by atoms with Crippen molar-refractivity contribution in [2.45, 2.75) is 37.6 Å². The van der Waals surface area contributed by atoms with Gasteiger partial charge in [-0.3, -0.25) is 9.59 Å². The Morgan fingerprint density at radius 2 is 1.86 bits per heavy atom. The molecule has 0 aromatic heterocycles. The highest BCUT2D eigenvalue weighted by Crippen LogP contribution is 2.31. The summed E-state index contributed by atoms with van der Waals surface area (Å²) in [5.74, 6) is -1.54. The zero-order valence-electron chi connectivity index (χ0n) is 12.1. The first-order chi connectivity index (χ1) is 10.2. The second-order valence-corrected chi connectivity index (χ2v) is 5.74. The largest absolute Gasteiger partial charge is 0.376 e. The summed E-state index contributed by atoms with van der Waals surface area (Å²) >= 11 is 0. The van der Waals surface area contributed by atoms with Crippen LogP contribution in [0.3, 0.4) is 0 Å². The molecule has 3 aliphatic heterocycles. The molecule has 3 saturated heterocycles. The molecule has 1 atom stereocenters. The number of likely N-dealkylation sites (tertiary alicyclic amines) is 1. The number of rotatable bonds is 2. The minimum Gasteiger partial charge on any atom is -0.376 e. The Labute approximate surface area is 123 Å². The summed E-state index contributed by atoms with van der Waals surface area (Å²) in [6.07, 6.45) is 3.25. The van der Waals surface area contributed by atoms with Crippen molar-refractivity contribution in [1.29, 1.82) is 0 Å². The molecule has 3 fully saturated rings. The summed E-state index contributed by atoms with van der Waals surface area (Å²) in [4.78, 5) is 25.6. The van der Waals surface area contributed by atoms with Crippen molar-refractivity contribution in [3.8, 4) is 0 Å². The van der Waals surface area contributed by atoms with Crippen LogP contribution in [0.5, 0.6) is 0 Å². The van der Waals surface area contributed by atoms with Gasteiger partial charge in [0, 0.05) is 39.1 Å². The van der Waals surface area contributed by atoms with Crippen LogP contribution in [0.4, 0.5) is 0 Å². The molecule has 21 heavy (non-hydrogen) atoms. The van der Waals surface area contributed by atoms with Crippen molar-refractivity contribution < 1.29 is 23.8 Å². The molecular formula is C14H22N2O5. The van der Waals surface area contributed by atoms with Crippen LogP contribution in [-0.4, -0.2) is 68.1 Å². The average Bonchev–Trinajstić information content (AvgIpc) is 3.17. The Morgan fingerprint density at radius 3 is 2.48 bits per heavy atom. The summed E-state index contributed by atoms with van der Waals surface area (Å²) in [5.41, 5.74) is 0. The zero-order valence-corrected chi connectivity index (χ0v) is 12.1. The number of amides is 2. The molecule has 7 nitrogen and oxygen atoms in total. The number of piperidine rings is 1. The molecule has 0 aromatic carbocycles. The number of hydrogen-bond acceptors (Lipinski definition) is 5. The van der Waals surface area contributed by atoms with Crippen molar-refractivity contribution in [3.05, 3.63) is 0 Å². The lowest BCUT2D eigenvalue weighted by Gasteiger charge is -2.37. The van der Waals surface area contributed by atoms with Gasteiger partial charge < -0.3 is 24.4 Å². The van der Waals surface area contributed by atoms with Gasteiger partial charge in [-0.2, -0.15) is 0 Å². The molecule has 3 rings (SSSR count). The molecule has 2 amide bonds. The quantitative estimate of drug-likeness (QED) is 0.705. The Morgan fingerprint density at radius 1 is 1.14 bits per heavy atom. The lowest BCUT2D eigenvalue weighted by molar-refractivity contribution is -0.188. The molecule has 0 bridgehead atoms. The van der Waals surface area contributed by atoms with E-state index >= 15 is 0 Å². The van der Waals surface area contributed by atoms with Gasteiger partial charge in [-0.15, -0.1) is 0 Å². The average molecular weight is 298 g/mol. The second kappa shape index (κ2) is 6.29. The van der Waals surface area contributed by atoms with Gasteiger partial charge in [0.05, 0.1) is 19.3 Å². The second-order valence-electron chi connectivity index (χ2n) is 5.74. The van der Waals surface area contributed by atoms with Crippen LogP contribution in [0.15, 0.2) is 0 Å². The predicted molar refractivity (Wildman–Crippen MR) is 72.4 cm³/mol. The van der Waals surface area contributed by atoms with E-state index in [9.17, 15) is 9.59 Å². The number of hydrogen-bond donors (Lipinski definition) is 1. The van der Waals surface area contributed by atoms with E-state index in [4.69, 9.17) is 14.2 Å². The van der Waals surface area contributed by atoms with E-state index in [1.54, 1.807) is 4.90 Å². The summed E-state index contributed by atoms with van der Waals surface area (Å²) in [5, 5.41) is 2.67. The fourth-order valence-electron chi connectivity index (χ4n) is 3.07. The predicted octanol–water partition coefficient (Wildman–Crippen LogP) is -0.353. The van der Waals surface area contributed by atoms with Gasteiger partial charge in [-0.1, -0.05) is 0 Å². The van der Waals surface area contributed by atoms with Gasteiger partial charge >= 0.3 is 11.8 Å². The van der Waals surface area contributed by atoms with Crippen LogP contribution < -0.4 is 5.32 Å². The van der Waals surface area contributed by atoms with E-state index in [-0.39, 0.29) is 6.10 Å². The highest BCUT2D eigenvalue weighted by molar-refractivity contribution is 6.35. The molecule has 7 heteroatoms. The Balaban J connectivity index is 1.43. The third-order valence-corrected chi connectivity index (χ3v) is 4.33. The Hall–Kier alpha value is -1.18. The lowest BCUT2D eigenvalue weighted by atomic mass is 10.0. The van der Waals surface area contributed by atoms with Crippen molar-refractivity contribution >= 4 is 11.8 Å². The first-order valence-corrected chi connectivity index (χ1v) is 7.65. The maximum absolute atomic E-state index is 12.1. The molecule has 0 aliphatic carbocycles. The molecule has 0 aromatic rings. The maximum atomic E-state index is 12.1. The number of ether oxygens (including phenoxy) is 3. The van der Waals surface area contributed by atoms with Gasteiger partial charge in [0.15, 0.2) is 5.79 Å². The highest BCUT2D eigenvalue weighted by Gasteiger charge is 2.41. The normalized spacial score (nSPS) is 28.0. The number of carbonyl (C=O) groups is 2. The van der Waals surface area contributed by atoms with Gasteiger partial charge in [0.1, 0.15) is 0 Å². The molecular weight excluding hydrogens is 276 g/mol. The maximum Gasteiger partial charge on any atom is 0.311 e. The minimum atomic E-state index is -0.547. The van der Waals surface area contributed by atoms with Crippen LogP contribution in [0.2, 0.25) is 0 Å². The highest BCUT2D eigenvalue weighted by atomic mass is 16.7. The van der Waals surface area contributed by atoms with E-state index in [1.165, 1.54) is 0 Å². The summed E-state index contributed by atoms with van der Waals surface area (Å²) in [7, 11) is 0. The minimum absolute atomic E-state index is 0.0478. The molecule has 118 valence electrons. The number of nitrogens with zero attached hydrogens (tertiary/aromatic N) is 1. The molecule has 1 unspecified atom stereocenters. The molecule has 0 radical (unpaired) electrons. The molecule has 1 spiro atoms. The van der Waals surface area contributed by atoms with E-state index < -0.39 is 17.6 Å². The summed E-state index contributed by atoms with van der Waals surface area (Å²) < 4.78 is 16.6. The third kappa shape index (κ3) is 3.36. The van der Waals surface area contributed by atoms with Crippen LogP contribution in [0.1, 0.15) is 25.7 Å². The van der Waals surface area contributed by atoms with Crippen LogP contribution in [-0.2, 0) is 23.8 Å². The lowest BCUT2D eigenvalue weighted by Crippen LogP contribution is -2.51. The smallest absolute Gasteiger partial charge is 0.311 e. The fraction of sp³-hybridized carbons (Fsp3) is 0.857. The van der Waals surface area contributed by atoms with Crippen molar-refractivity contribution in [1.82, 2.24) is 10.2 Å². The summed E-state index contributed by atoms with van der Waals surface area (Å²) in [6.45, 7) is 3.35. The van der Waals surface area contributed by atoms with Gasteiger partial charge in [0.2, 0.25) is 0 Å². The molecule has 3 heterocycles. The summed E-state index contributed by atoms with van der Waals surface area (Å²) in [6, 6.07) is 0. The van der Waals surface area contributed by atoms with Gasteiger partial charge in [0.25, 0.3) is 0 Å². The molecule has 3 aliphatic rings. The molecule has 1 N–H and O–H groups in total. The Kier molecular flexibility index (Phi) is 4.42. The monoisotopic (exact) mass is 298 g/mol. The topological polar surface area (TPSA) is 77.1 Å². The SMILES string of the molecule is O=C(NCC1CCCO1)C(=O)N1CCC2(CC1)OCCO2. The van der Waals surface area contributed by atoms with E-state index in [2.05, 4.69) is 5.32 Å². The number of nitrogens with one attached hydrogen (secondary N) is 1. The zero-order chi connectivity index (χ0) is 14.7. The van der Waals surface area contributed by atoms with Crippen LogP contribution in [0, 0.1) is 0 Å². The third-order valence-electron chi connectivity index (χ3n) is 4.33.